The minimum absolute atomic E-state index is 0.117. The predicted molar refractivity (Wildman–Crippen MR) is 106 cm³/mol. The van der Waals surface area contributed by atoms with Crippen molar-refractivity contribution in [1.29, 1.82) is 0 Å². The van der Waals surface area contributed by atoms with E-state index in [0.717, 1.165) is 32.3 Å². The van der Waals surface area contributed by atoms with Crippen molar-refractivity contribution in [2.75, 3.05) is 46.6 Å². The smallest absolute Gasteiger partial charge is 0.221 e. The number of ether oxygens (including phenoxy) is 2. The summed E-state index contributed by atoms with van der Waals surface area (Å²) in [5, 5.41) is 9.46. The highest BCUT2D eigenvalue weighted by molar-refractivity contribution is 5.81. The van der Waals surface area contributed by atoms with E-state index in [1.54, 1.807) is 7.05 Å². The number of hydrogen-bond acceptors (Lipinski definition) is 4. The summed E-state index contributed by atoms with van der Waals surface area (Å²) in [6, 6.07) is 0.372. The fraction of sp³-hybridized carbons (Fsp3) is 0.895. The Labute approximate surface area is 158 Å². The fourth-order valence-corrected chi connectivity index (χ4v) is 2.87. The Morgan fingerprint density at radius 3 is 2.38 bits per heavy atom. The number of aliphatic imine (C=N–C) groups is 1. The first-order chi connectivity index (χ1) is 12.8. The molecule has 1 aliphatic rings. The van der Waals surface area contributed by atoms with E-state index < -0.39 is 0 Å². The SMILES string of the molecule is CCCCOCCOCCNC(=NC)NCCC(=O)NC1CCCCC1. The lowest BCUT2D eigenvalue weighted by Gasteiger charge is -2.22. The second kappa shape index (κ2) is 15.9. The van der Waals surface area contributed by atoms with Crippen molar-refractivity contribution in [2.45, 2.75) is 64.3 Å². The molecule has 1 fully saturated rings. The number of carbonyl (C=O) groups is 1. The van der Waals surface area contributed by atoms with Crippen LogP contribution in [-0.4, -0.2) is 64.5 Å². The third kappa shape index (κ3) is 12.1. The Kier molecular flexibility index (Phi) is 13.9. The van der Waals surface area contributed by atoms with Gasteiger partial charge >= 0.3 is 0 Å². The molecule has 0 radical (unpaired) electrons. The number of nitrogens with zero attached hydrogens (tertiary/aromatic N) is 1. The van der Waals surface area contributed by atoms with Crippen molar-refractivity contribution in [3.05, 3.63) is 0 Å². The molecule has 0 aromatic carbocycles. The first kappa shape index (κ1) is 22.7. The highest BCUT2D eigenvalue weighted by Crippen LogP contribution is 2.17. The van der Waals surface area contributed by atoms with Gasteiger partial charge in [-0.25, -0.2) is 0 Å². The van der Waals surface area contributed by atoms with Crippen LogP contribution in [0.5, 0.6) is 0 Å². The van der Waals surface area contributed by atoms with Crippen molar-refractivity contribution in [3.8, 4) is 0 Å². The second-order valence-corrected chi connectivity index (χ2v) is 6.66. The summed E-state index contributed by atoms with van der Waals surface area (Å²) < 4.78 is 10.9. The van der Waals surface area contributed by atoms with Crippen molar-refractivity contribution >= 4 is 11.9 Å². The van der Waals surface area contributed by atoms with E-state index in [1.165, 1.54) is 19.3 Å². The van der Waals surface area contributed by atoms with E-state index in [-0.39, 0.29) is 5.91 Å². The molecule has 0 atom stereocenters. The zero-order chi connectivity index (χ0) is 18.9. The lowest BCUT2D eigenvalue weighted by molar-refractivity contribution is -0.121. The Balaban J connectivity index is 1.96. The molecule has 1 rings (SSSR count). The van der Waals surface area contributed by atoms with Crippen molar-refractivity contribution < 1.29 is 14.3 Å². The Morgan fingerprint density at radius 1 is 1.00 bits per heavy atom. The van der Waals surface area contributed by atoms with Gasteiger partial charge in [0.15, 0.2) is 5.96 Å². The van der Waals surface area contributed by atoms with Gasteiger partial charge < -0.3 is 25.4 Å². The summed E-state index contributed by atoms with van der Waals surface area (Å²) in [5.41, 5.74) is 0. The van der Waals surface area contributed by atoms with Crippen LogP contribution in [0.25, 0.3) is 0 Å². The molecule has 7 heteroatoms. The zero-order valence-electron chi connectivity index (χ0n) is 16.6. The highest BCUT2D eigenvalue weighted by Gasteiger charge is 2.15. The molecule has 0 spiro atoms. The molecule has 0 heterocycles. The van der Waals surface area contributed by atoms with Crippen molar-refractivity contribution in [2.24, 2.45) is 4.99 Å². The minimum Gasteiger partial charge on any atom is -0.379 e. The largest absolute Gasteiger partial charge is 0.379 e. The van der Waals surface area contributed by atoms with Crippen molar-refractivity contribution in [1.82, 2.24) is 16.0 Å². The maximum Gasteiger partial charge on any atom is 0.221 e. The van der Waals surface area contributed by atoms with Crippen LogP contribution < -0.4 is 16.0 Å². The number of carbonyl (C=O) groups excluding carboxylic acids is 1. The average molecular weight is 371 g/mol. The zero-order valence-corrected chi connectivity index (χ0v) is 16.6. The maximum absolute atomic E-state index is 12.0. The number of hydrogen-bond donors (Lipinski definition) is 3. The monoisotopic (exact) mass is 370 g/mol. The number of rotatable bonds is 13. The van der Waals surface area contributed by atoms with Crippen LogP contribution in [0.1, 0.15) is 58.3 Å². The van der Waals surface area contributed by atoms with Crippen LogP contribution in [0, 0.1) is 0 Å². The first-order valence-corrected chi connectivity index (χ1v) is 10.2. The molecule has 0 saturated heterocycles. The van der Waals surface area contributed by atoms with Gasteiger partial charge in [-0.15, -0.1) is 0 Å². The molecule has 0 bridgehead atoms. The van der Waals surface area contributed by atoms with Crippen LogP contribution >= 0.6 is 0 Å². The maximum atomic E-state index is 12.0. The number of nitrogens with one attached hydrogen (secondary N) is 3. The van der Waals surface area contributed by atoms with Gasteiger partial charge in [0.05, 0.1) is 19.8 Å². The standard InChI is InChI=1S/C19H38N4O3/c1-3-4-13-25-15-16-26-14-12-22-19(20-2)21-11-10-18(24)23-17-8-6-5-7-9-17/h17H,3-16H2,1-2H3,(H,23,24)(H2,20,21,22). The Hall–Kier alpha value is -1.34. The van der Waals surface area contributed by atoms with Gasteiger partial charge in [0, 0.05) is 39.2 Å². The van der Waals surface area contributed by atoms with Crippen LogP contribution in [0.15, 0.2) is 4.99 Å². The fourth-order valence-electron chi connectivity index (χ4n) is 2.87. The van der Waals surface area contributed by atoms with Crippen molar-refractivity contribution in [3.63, 3.8) is 0 Å². The summed E-state index contributed by atoms with van der Waals surface area (Å²) in [6.45, 7) is 6.05. The molecule has 1 amide bonds. The van der Waals surface area contributed by atoms with E-state index in [4.69, 9.17) is 9.47 Å². The molecule has 26 heavy (non-hydrogen) atoms. The second-order valence-electron chi connectivity index (χ2n) is 6.66. The lowest BCUT2D eigenvalue weighted by Crippen LogP contribution is -2.42. The molecule has 3 N–H and O–H groups in total. The van der Waals surface area contributed by atoms with Gasteiger partial charge in [0.25, 0.3) is 0 Å². The minimum atomic E-state index is 0.117. The van der Waals surface area contributed by atoms with Crippen LogP contribution in [-0.2, 0) is 14.3 Å². The third-order valence-electron chi connectivity index (χ3n) is 4.39. The normalized spacial score (nSPS) is 15.7. The van der Waals surface area contributed by atoms with Crippen LogP contribution in [0.2, 0.25) is 0 Å². The highest BCUT2D eigenvalue weighted by atomic mass is 16.5. The molecule has 152 valence electrons. The third-order valence-corrected chi connectivity index (χ3v) is 4.39. The number of guanidine groups is 1. The first-order valence-electron chi connectivity index (χ1n) is 10.2. The van der Waals surface area contributed by atoms with E-state index in [9.17, 15) is 4.79 Å². The summed E-state index contributed by atoms with van der Waals surface area (Å²) in [4.78, 5) is 16.1. The summed E-state index contributed by atoms with van der Waals surface area (Å²) >= 11 is 0. The quantitative estimate of drug-likeness (QED) is 0.262. The van der Waals surface area contributed by atoms with Gasteiger partial charge in [-0.1, -0.05) is 32.6 Å². The van der Waals surface area contributed by atoms with Crippen LogP contribution in [0.4, 0.5) is 0 Å². The molecular weight excluding hydrogens is 332 g/mol. The summed E-state index contributed by atoms with van der Waals surface area (Å²) in [6.07, 6.45) is 8.70. The molecule has 1 saturated carbocycles. The number of unbranched alkanes of at least 4 members (excludes halogenated alkanes) is 1. The Bertz CT molecular complexity index is 385. The molecule has 0 aromatic heterocycles. The average Bonchev–Trinajstić information content (AvgIpc) is 2.66. The van der Waals surface area contributed by atoms with E-state index in [0.29, 0.717) is 51.3 Å². The van der Waals surface area contributed by atoms with Crippen LogP contribution in [0.3, 0.4) is 0 Å². The summed E-state index contributed by atoms with van der Waals surface area (Å²) in [7, 11) is 1.72. The van der Waals surface area contributed by atoms with Gasteiger partial charge in [-0.3, -0.25) is 9.79 Å². The Morgan fingerprint density at radius 2 is 1.69 bits per heavy atom. The molecule has 7 nitrogen and oxygen atoms in total. The van der Waals surface area contributed by atoms with E-state index in [2.05, 4.69) is 27.9 Å². The summed E-state index contributed by atoms with van der Waals surface area (Å²) in [5.74, 6) is 0.810. The lowest BCUT2D eigenvalue weighted by atomic mass is 9.95. The van der Waals surface area contributed by atoms with Gasteiger partial charge in [-0.2, -0.15) is 0 Å². The predicted octanol–water partition coefficient (Wildman–Crippen LogP) is 1.82. The molecule has 0 aliphatic heterocycles. The molecule has 0 unspecified atom stereocenters. The van der Waals surface area contributed by atoms with Gasteiger partial charge in [0.1, 0.15) is 0 Å². The van der Waals surface area contributed by atoms with Gasteiger partial charge in [0.2, 0.25) is 5.91 Å². The molecular formula is C19H38N4O3. The van der Waals surface area contributed by atoms with E-state index in [1.807, 2.05) is 0 Å². The topological polar surface area (TPSA) is 84.0 Å². The number of amides is 1. The van der Waals surface area contributed by atoms with Gasteiger partial charge in [-0.05, 0) is 19.3 Å². The van der Waals surface area contributed by atoms with E-state index >= 15 is 0 Å². The molecule has 0 aromatic rings. The molecule has 1 aliphatic carbocycles.